The molecule has 2 heterocycles. The predicted molar refractivity (Wildman–Crippen MR) is 57.6 cm³/mol. The number of carbonyl (C=O) groups excluding carboxylic acids is 1. The largest absolute Gasteiger partial charge is 0.381 e. The molecule has 2 aliphatic heterocycles. The van der Waals surface area contributed by atoms with Gasteiger partial charge in [0.2, 0.25) is 5.91 Å². The van der Waals surface area contributed by atoms with E-state index >= 15 is 0 Å². The number of nitrogens with one attached hydrogen (secondary N) is 2. The van der Waals surface area contributed by atoms with E-state index in [-0.39, 0.29) is 11.8 Å². The summed E-state index contributed by atoms with van der Waals surface area (Å²) in [7, 11) is 0. The lowest BCUT2D eigenvalue weighted by molar-refractivity contribution is -0.128. The Morgan fingerprint density at radius 1 is 1.27 bits per heavy atom. The molecule has 2 rings (SSSR count). The van der Waals surface area contributed by atoms with Crippen LogP contribution in [0.4, 0.5) is 0 Å². The minimum Gasteiger partial charge on any atom is -0.381 e. The Hall–Kier alpha value is -0.610. The van der Waals surface area contributed by atoms with E-state index in [9.17, 15) is 4.79 Å². The molecule has 0 saturated carbocycles. The summed E-state index contributed by atoms with van der Waals surface area (Å²) in [6, 6.07) is 0.342. The van der Waals surface area contributed by atoms with Crippen LogP contribution in [-0.2, 0) is 9.53 Å². The highest BCUT2D eigenvalue weighted by molar-refractivity contribution is 5.79. The molecule has 2 aliphatic rings. The number of carbonyl (C=O) groups is 1. The van der Waals surface area contributed by atoms with E-state index in [0.29, 0.717) is 6.04 Å². The molecule has 4 heteroatoms. The summed E-state index contributed by atoms with van der Waals surface area (Å²) in [4.78, 5) is 11.9. The first-order chi connectivity index (χ1) is 7.36. The van der Waals surface area contributed by atoms with E-state index in [1.54, 1.807) is 0 Å². The van der Waals surface area contributed by atoms with Gasteiger partial charge in [0.05, 0.1) is 0 Å². The smallest absolute Gasteiger partial charge is 0.223 e. The number of ether oxygens (including phenoxy) is 1. The molecule has 0 aromatic rings. The number of rotatable bonds is 2. The highest BCUT2D eigenvalue weighted by Crippen LogP contribution is 2.15. The van der Waals surface area contributed by atoms with Crippen LogP contribution in [-0.4, -0.2) is 38.3 Å². The van der Waals surface area contributed by atoms with Gasteiger partial charge in [0, 0.05) is 31.7 Å². The van der Waals surface area contributed by atoms with E-state index < -0.39 is 0 Å². The fourth-order valence-electron chi connectivity index (χ4n) is 2.25. The van der Waals surface area contributed by atoms with E-state index in [1.807, 2.05) is 0 Å². The SMILES string of the molecule is O=C(N[C@H]1CCCNC1)C1CCOCC1. The zero-order valence-electron chi connectivity index (χ0n) is 9.13. The first kappa shape index (κ1) is 10.9. The van der Waals surface area contributed by atoms with Crippen LogP contribution in [0.2, 0.25) is 0 Å². The lowest BCUT2D eigenvalue weighted by Gasteiger charge is -2.27. The van der Waals surface area contributed by atoms with Crippen molar-refractivity contribution in [3.05, 3.63) is 0 Å². The summed E-state index contributed by atoms with van der Waals surface area (Å²) in [6.07, 6.45) is 4.04. The quantitative estimate of drug-likeness (QED) is 0.691. The van der Waals surface area contributed by atoms with Crippen molar-refractivity contribution in [1.82, 2.24) is 10.6 Å². The van der Waals surface area contributed by atoms with Gasteiger partial charge in [0.15, 0.2) is 0 Å². The summed E-state index contributed by atoms with van der Waals surface area (Å²) in [6.45, 7) is 3.49. The molecule has 2 saturated heterocycles. The molecule has 0 spiro atoms. The van der Waals surface area contributed by atoms with Gasteiger partial charge >= 0.3 is 0 Å². The van der Waals surface area contributed by atoms with Crippen molar-refractivity contribution in [1.29, 1.82) is 0 Å². The molecule has 0 aliphatic carbocycles. The summed E-state index contributed by atoms with van der Waals surface area (Å²) >= 11 is 0. The fraction of sp³-hybridized carbons (Fsp3) is 0.909. The molecule has 0 aromatic heterocycles. The van der Waals surface area contributed by atoms with Gasteiger partial charge < -0.3 is 15.4 Å². The molecule has 0 aromatic carbocycles. The summed E-state index contributed by atoms with van der Waals surface area (Å²) in [5.41, 5.74) is 0. The van der Waals surface area contributed by atoms with Crippen molar-refractivity contribution in [2.45, 2.75) is 31.7 Å². The molecule has 1 amide bonds. The number of hydrogen-bond acceptors (Lipinski definition) is 3. The van der Waals surface area contributed by atoms with E-state index in [4.69, 9.17) is 4.74 Å². The summed E-state index contributed by atoms with van der Waals surface area (Å²) in [5, 5.41) is 6.44. The molecule has 15 heavy (non-hydrogen) atoms. The van der Waals surface area contributed by atoms with Gasteiger partial charge in [-0.15, -0.1) is 0 Å². The first-order valence-electron chi connectivity index (χ1n) is 5.95. The first-order valence-corrected chi connectivity index (χ1v) is 5.95. The number of amides is 1. The van der Waals surface area contributed by atoms with Crippen molar-refractivity contribution in [2.75, 3.05) is 26.3 Å². The lowest BCUT2D eigenvalue weighted by atomic mass is 9.98. The van der Waals surface area contributed by atoms with Crippen molar-refractivity contribution in [2.24, 2.45) is 5.92 Å². The van der Waals surface area contributed by atoms with Crippen LogP contribution in [0, 0.1) is 5.92 Å². The molecular formula is C11H20N2O2. The second kappa shape index (κ2) is 5.47. The van der Waals surface area contributed by atoms with Crippen molar-refractivity contribution >= 4 is 5.91 Å². The maximum Gasteiger partial charge on any atom is 0.223 e. The lowest BCUT2D eigenvalue weighted by Crippen LogP contribution is -2.48. The third-order valence-corrected chi connectivity index (χ3v) is 3.24. The van der Waals surface area contributed by atoms with Crippen LogP contribution in [0.3, 0.4) is 0 Å². The van der Waals surface area contributed by atoms with E-state index in [0.717, 1.165) is 45.6 Å². The molecule has 0 bridgehead atoms. The van der Waals surface area contributed by atoms with Gasteiger partial charge in [-0.25, -0.2) is 0 Å². The van der Waals surface area contributed by atoms with Crippen LogP contribution >= 0.6 is 0 Å². The van der Waals surface area contributed by atoms with Crippen LogP contribution in [0.5, 0.6) is 0 Å². The van der Waals surface area contributed by atoms with E-state index in [2.05, 4.69) is 10.6 Å². The van der Waals surface area contributed by atoms with Crippen molar-refractivity contribution in [3.8, 4) is 0 Å². The van der Waals surface area contributed by atoms with Gasteiger partial charge in [-0.05, 0) is 32.2 Å². The van der Waals surface area contributed by atoms with Crippen LogP contribution in [0.15, 0.2) is 0 Å². The average Bonchev–Trinajstić information content (AvgIpc) is 2.31. The Morgan fingerprint density at radius 3 is 2.73 bits per heavy atom. The third kappa shape index (κ3) is 3.18. The normalized spacial score (nSPS) is 28.7. The van der Waals surface area contributed by atoms with Gasteiger partial charge in [-0.3, -0.25) is 4.79 Å². The second-order valence-electron chi connectivity index (χ2n) is 4.44. The molecule has 0 radical (unpaired) electrons. The van der Waals surface area contributed by atoms with Gasteiger partial charge in [-0.2, -0.15) is 0 Å². The minimum absolute atomic E-state index is 0.181. The molecule has 2 N–H and O–H groups in total. The third-order valence-electron chi connectivity index (χ3n) is 3.24. The van der Waals surface area contributed by atoms with Crippen molar-refractivity contribution < 1.29 is 9.53 Å². The molecule has 4 nitrogen and oxygen atoms in total. The Labute approximate surface area is 90.8 Å². The van der Waals surface area contributed by atoms with Crippen LogP contribution in [0.25, 0.3) is 0 Å². The van der Waals surface area contributed by atoms with Crippen molar-refractivity contribution in [3.63, 3.8) is 0 Å². The average molecular weight is 212 g/mol. The molecule has 0 unspecified atom stereocenters. The zero-order valence-corrected chi connectivity index (χ0v) is 9.13. The number of piperidine rings is 1. The maximum absolute atomic E-state index is 11.9. The van der Waals surface area contributed by atoms with Crippen LogP contribution < -0.4 is 10.6 Å². The van der Waals surface area contributed by atoms with Gasteiger partial charge in [0.1, 0.15) is 0 Å². The van der Waals surface area contributed by atoms with Crippen LogP contribution in [0.1, 0.15) is 25.7 Å². The Balaban J connectivity index is 1.74. The molecule has 1 atom stereocenters. The summed E-state index contributed by atoms with van der Waals surface area (Å²) < 4.78 is 5.25. The Morgan fingerprint density at radius 2 is 2.07 bits per heavy atom. The highest BCUT2D eigenvalue weighted by Gasteiger charge is 2.24. The fourth-order valence-corrected chi connectivity index (χ4v) is 2.25. The second-order valence-corrected chi connectivity index (χ2v) is 4.44. The Bertz CT molecular complexity index is 209. The zero-order chi connectivity index (χ0) is 10.5. The standard InChI is InChI=1S/C11H20N2O2/c14-11(9-3-6-15-7-4-9)13-10-2-1-5-12-8-10/h9-10,12H,1-8H2,(H,13,14)/t10-/m0/s1. The number of hydrogen-bond donors (Lipinski definition) is 2. The highest BCUT2D eigenvalue weighted by atomic mass is 16.5. The van der Waals surface area contributed by atoms with Gasteiger partial charge in [-0.1, -0.05) is 0 Å². The summed E-state index contributed by atoms with van der Waals surface area (Å²) in [5.74, 6) is 0.410. The topological polar surface area (TPSA) is 50.4 Å². The van der Waals surface area contributed by atoms with Gasteiger partial charge in [0.25, 0.3) is 0 Å². The Kier molecular flexibility index (Phi) is 3.97. The molecular weight excluding hydrogens is 192 g/mol. The minimum atomic E-state index is 0.181. The monoisotopic (exact) mass is 212 g/mol. The molecule has 86 valence electrons. The molecule has 2 fully saturated rings. The maximum atomic E-state index is 11.9. The predicted octanol–water partition coefficient (Wildman–Crippen LogP) is 0.281. The van der Waals surface area contributed by atoms with E-state index in [1.165, 1.54) is 6.42 Å².